The SMILES string of the molecule is CCN(CC)S(=O)(=O)c1cc(C(=O)OCC(=O)Nc2c(C)cccc2C(C)C)ccc1C. The second kappa shape index (κ2) is 10.7. The number of aryl methyl sites for hydroxylation is 2. The van der Waals surface area contributed by atoms with Gasteiger partial charge in [0.15, 0.2) is 6.61 Å². The van der Waals surface area contributed by atoms with Crippen molar-refractivity contribution in [1.29, 1.82) is 0 Å². The molecule has 0 aliphatic carbocycles. The van der Waals surface area contributed by atoms with Crippen molar-refractivity contribution in [2.45, 2.75) is 52.4 Å². The van der Waals surface area contributed by atoms with Crippen LogP contribution in [0.15, 0.2) is 41.3 Å². The number of carbonyl (C=O) groups is 2. The van der Waals surface area contributed by atoms with E-state index in [1.807, 2.05) is 39.0 Å². The molecule has 0 aromatic heterocycles. The third-order valence-corrected chi connectivity index (χ3v) is 7.46. The molecule has 0 aliphatic heterocycles. The van der Waals surface area contributed by atoms with Gasteiger partial charge in [0.25, 0.3) is 5.91 Å². The van der Waals surface area contributed by atoms with E-state index < -0.39 is 28.5 Å². The van der Waals surface area contributed by atoms with E-state index in [1.165, 1.54) is 16.4 Å². The molecule has 1 amide bonds. The van der Waals surface area contributed by atoms with Gasteiger partial charge in [0.2, 0.25) is 10.0 Å². The molecule has 174 valence electrons. The van der Waals surface area contributed by atoms with Crippen LogP contribution in [0.4, 0.5) is 5.69 Å². The Hall–Kier alpha value is -2.71. The van der Waals surface area contributed by atoms with Crippen molar-refractivity contribution in [3.05, 3.63) is 58.7 Å². The molecule has 32 heavy (non-hydrogen) atoms. The van der Waals surface area contributed by atoms with Gasteiger partial charge >= 0.3 is 5.97 Å². The van der Waals surface area contributed by atoms with Gasteiger partial charge in [0.05, 0.1) is 10.5 Å². The fraction of sp³-hybridized carbons (Fsp3) is 0.417. The number of hydrogen-bond donors (Lipinski definition) is 1. The van der Waals surface area contributed by atoms with Gasteiger partial charge in [0.1, 0.15) is 0 Å². The van der Waals surface area contributed by atoms with Crippen molar-refractivity contribution in [2.24, 2.45) is 0 Å². The Morgan fingerprint density at radius 1 is 1.03 bits per heavy atom. The Morgan fingerprint density at radius 2 is 1.69 bits per heavy atom. The Labute approximate surface area is 190 Å². The molecule has 0 bridgehead atoms. The van der Waals surface area contributed by atoms with Crippen LogP contribution in [0.25, 0.3) is 0 Å². The molecule has 0 unspecified atom stereocenters. The number of nitrogens with one attached hydrogen (secondary N) is 1. The number of hydrogen-bond acceptors (Lipinski definition) is 5. The van der Waals surface area contributed by atoms with Gasteiger partial charge in [0, 0.05) is 18.8 Å². The molecular weight excluding hydrogens is 428 g/mol. The maximum absolute atomic E-state index is 12.9. The average molecular weight is 461 g/mol. The molecule has 2 aromatic carbocycles. The summed E-state index contributed by atoms with van der Waals surface area (Å²) in [5.41, 5.74) is 3.24. The largest absolute Gasteiger partial charge is 0.452 e. The van der Waals surface area contributed by atoms with Crippen LogP contribution < -0.4 is 5.32 Å². The molecule has 0 heterocycles. The number of para-hydroxylation sites is 1. The Balaban J connectivity index is 2.15. The molecule has 1 N–H and O–H groups in total. The van der Waals surface area contributed by atoms with Gasteiger partial charge < -0.3 is 10.1 Å². The van der Waals surface area contributed by atoms with E-state index in [4.69, 9.17) is 4.74 Å². The van der Waals surface area contributed by atoms with Crippen molar-refractivity contribution in [2.75, 3.05) is 25.0 Å². The van der Waals surface area contributed by atoms with Crippen LogP contribution in [-0.4, -0.2) is 44.3 Å². The van der Waals surface area contributed by atoms with Crippen LogP contribution in [0.3, 0.4) is 0 Å². The minimum Gasteiger partial charge on any atom is -0.452 e. The van der Waals surface area contributed by atoms with Gasteiger partial charge in [-0.05, 0) is 48.6 Å². The zero-order valence-corrected chi connectivity index (χ0v) is 20.4. The van der Waals surface area contributed by atoms with E-state index in [-0.39, 0.29) is 16.4 Å². The molecule has 0 radical (unpaired) electrons. The molecule has 8 heteroatoms. The van der Waals surface area contributed by atoms with E-state index in [2.05, 4.69) is 5.32 Å². The summed E-state index contributed by atoms with van der Waals surface area (Å²) in [6.07, 6.45) is 0. The predicted octanol–water partition coefficient (Wildman–Crippen LogP) is 4.25. The minimum absolute atomic E-state index is 0.0570. The third-order valence-electron chi connectivity index (χ3n) is 5.27. The van der Waals surface area contributed by atoms with E-state index in [1.54, 1.807) is 26.8 Å². The highest BCUT2D eigenvalue weighted by Crippen LogP contribution is 2.27. The summed E-state index contributed by atoms with van der Waals surface area (Å²) in [5, 5.41) is 2.82. The summed E-state index contributed by atoms with van der Waals surface area (Å²) in [6.45, 7) is 11.3. The summed E-state index contributed by atoms with van der Waals surface area (Å²) < 4.78 is 32.3. The highest BCUT2D eigenvalue weighted by atomic mass is 32.2. The summed E-state index contributed by atoms with van der Waals surface area (Å²) in [7, 11) is -3.73. The molecule has 2 aromatic rings. The Morgan fingerprint density at radius 3 is 2.28 bits per heavy atom. The lowest BCUT2D eigenvalue weighted by Gasteiger charge is -2.20. The average Bonchev–Trinajstić information content (AvgIpc) is 2.74. The number of amides is 1. The quantitative estimate of drug-likeness (QED) is 0.565. The first kappa shape index (κ1) is 25.5. The number of rotatable bonds is 9. The van der Waals surface area contributed by atoms with Crippen molar-refractivity contribution in [3.8, 4) is 0 Å². The summed E-state index contributed by atoms with van der Waals surface area (Å²) in [6, 6.07) is 10.1. The first-order valence-corrected chi connectivity index (χ1v) is 12.1. The lowest BCUT2D eigenvalue weighted by Crippen LogP contribution is -2.31. The lowest BCUT2D eigenvalue weighted by atomic mass is 9.98. The minimum atomic E-state index is -3.73. The summed E-state index contributed by atoms with van der Waals surface area (Å²) >= 11 is 0. The van der Waals surface area contributed by atoms with Gasteiger partial charge in [-0.2, -0.15) is 4.31 Å². The summed E-state index contributed by atoms with van der Waals surface area (Å²) in [4.78, 5) is 25.0. The second-order valence-electron chi connectivity index (χ2n) is 7.89. The number of carbonyl (C=O) groups excluding carboxylic acids is 2. The fourth-order valence-electron chi connectivity index (χ4n) is 3.44. The highest BCUT2D eigenvalue weighted by molar-refractivity contribution is 7.89. The number of anilines is 1. The summed E-state index contributed by atoms with van der Waals surface area (Å²) in [5.74, 6) is -1.01. The van der Waals surface area contributed by atoms with Crippen LogP contribution >= 0.6 is 0 Å². The highest BCUT2D eigenvalue weighted by Gasteiger charge is 2.25. The number of nitrogens with zero attached hydrogens (tertiary/aromatic N) is 1. The molecule has 7 nitrogen and oxygen atoms in total. The predicted molar refractivity (Wildman–Crippen MR) is 125 cm³/mol. The number of sulfonamides is 1. The molecular formula is C24H32N2O5S. The molecule has 0 aliphatic rings. The topological polar surface area (TPSA) is 92.8 Å². The zero-order chi connectivity index (χ0) is 24.1. The van der Waals surface area contributed by atoms with Crippen LogP contribution in [0.5, 0.6) is 0 Å². The normalized spacial score (nSPS) is 11.6. The first-order valence-electron chi connectivity index (χ1n) is 10.7. The monoisotopic (exact) mass is 460 g/mol. The molecule has 0 saturated heterocycles. The molecule has 0 saturated carbocycles. The third kappa shape index (κ3) is 5.75. The van der Waals surface area contributed by atoms with Crippen LogP contribution in [0.1, 0.15) is 60.7 Å². The number of ether oxygens (including phenoxy) is 1. The number of esters is 1. The van der Waals surface area contributed by atoms with Crippen molar-refractivity contribution in [3.63, 3.8) is 0 Å². The fourth-order valence-corrected chi connectivity index (χ4v) is 5.15. The maximum atomic E-state index is 12.9. The molecule has 0 atom stereocenters. The van der Waals surface area contributed by atoms with E-state index in [9.17, 15) is 18.0 Å². The van der Waals surface area contributed by atoms with Crippen LogP contribution in [0, 0.1) is 13.8 Å². The first-order chi connectivity index (χ1) is 15.0. The smallest absolute Gasteiger partial charge is 0.338 e. The van der Waals surface area contributed by atoms with Crippen molar-refractivity contribution < 1.29 is 22.7 Å². The van der Waals surface area contributed by atoms with E-state index in [0.717, 1.165) is 11.1 Å². The van der Waals surface area contributed by atoms with Crippen molar-refractivity contribution in [1.82, 2.24) is 4.31 Å². The van der Waals surface area contributed by atoms with Gasteiger partial charge in [-0.3, -0.25) is 4.79 Å². The Kier molecular flexibility index (Phi) is 8.58. The van der Waals surface area contributed by atoms with Crippen LogP contribution in [-0.2, 0) is 19.6 Å². The zero-order valence-electron chi connectivity index (χ0n) is 19.6. The second-order valence-corrected chi connectivity index (χ2v) is 9.79. The standard InChI is InChI=1S/C24H32N2O5S/c1-7-26(8-2)32(29,30)21-14-19(13-12-17(21)5)24(28)31-15-22(27)25-23-18(6)10-9-11-20(23)16(3)4/h9-14,16H,7-8,15H2,1-6H3,(H,25,27). The van der Waals surface area contributed by atoms with Gasteiger partial charge in [-0.25, -0.2) is 13.2 Å². The molecule has 0 fully saturated rings. The maximum Gasteiger partial charge on any atom is 0.338 e. The molecule has 0 spiro atoms. The van der Waals surface area contributed by atoms with E-state index >= 15 is 0 Å². The number of benzene rings is 2. The lowest BCUT2D eigenvalue weighted by molar-refractivity contribution is -0.119. The van der Waals surface area contributed by atoms with Gasteiger partial charge in [-0.1, -0.05) is 52.0 Å². The van der Waals surface area contributed by atoms with Crippen molar-refractivity contribution >= 4 is 27.6 Å². The van der Waals surface area contributed by atoms with Gasteiger partial charge in [-0.15, -0.1) is 0 Å². The molecule has 2 rings (SSSR count). The Bertz CT molecular complexity index is 1090. The van der Waals surface area contributed by atoms with E-state index in [0.29, 0.717) is 24.3 Å². The van der Waals surface area contributed by atoms with Crippen LogP contribution in [0.2, 0.25) is 0 Å².